The van der Waals surface area contributed by atoms with Gasteiger partial charge in [-0.2, -0.15) is 13.2 Å². The van der Waals surface area contributed by atoms with E-state index in [0.717, 1.165) is 17.3 Å². The summed E-state index contributed by atoms with van der Waals surface area (Å²) in [5.41, 5.74) is 0.221. The highest BCUT2D eigenvalue weighted by Crippen LogP contribution is 2.28. The van der Waals surface area contributed by atoms with E-state index in [2.05, 4.69) is 10.00 Å². The van der Waals surface area contributed by atoms with Crippen molar-refractivity contribution in [3.63, 3.8) is 0 Å². The van der Waals surface area contributed by atoms with Crippen LogP contribution in [0.25, 0.3) is 0 Å². The second kappa shape index (κ2) is 6.62. The normalized spacial score (nSPS) is 17.2. The number of benzene rings is 1. The highest BCUT2D eigenvalue weighted by molar-refractivity contribution is 5.16. The first-order valence-electron chi connectivity index (χ1n) is 7.95. The minimum atomic E-state index is -4.65. The highest BCUT2D eigenvalue weighted by Gasteiger charge is 2.39. The Labute approximate surface area is 141 Å². The summed E-state index contributed by atoms with van der Waals surface area (Å²) < 4.78 is 53.0. The molecule has 1 saturated heterocycles. The third-order valence-electron chi connectivity index (χ3n) is 4.48. The van der Waals surface area contributed by atoms with Crippen LogP contribution in [0.3, 0.4) is 0 Å². The molecule has 0 radical (unpaired) electrons. The largest absolute Gasteiger partial charge is 0.451 e. The number of hydrogen-bond donors (Lipinski definition) is 0. The third-order valence-corrected chi connectivity index (χ3v) is 4.48. The highest BCUT2D eigenvalue weighted by atomic mass is 19.4. The zero-order valence-electron chi connectivity index (χ0n) is 13.6. The quantitative estimate of drug-likeness (QED) is 0.792. The number of likely N-dealkylation sites (tertiary alicyclic amines) is 1. The summed E-state index contributed by atoms with van der Waals surface area (Å²) in [7, 11) is 1.08. The Morgan fingerprint density at radius 1 is 1.16 bits per heavy atom. The van der Waals surface area contributed by atoms with Gasteiger partial charge < -0.3 is 0 Å². The van der Waals surface area contributed by atoms with Gasteiger partial charge in [0.2, 0.25) is 5.82 Å². The van der Waals surface area contributed by atoms with Gasteiger partial charge in [-0.05, 0) is 30.5 Å². The minimum Gasteiger partial charge on any atom is -0.299 e. The van der Waals surface area contributed by atoms with Crippen LogP contribution in [0.1, 0.15) is 30.3 Å². The van der Waals surface area contributed by atoms with E-state index < -0.39 is 17.7 Å². The number of hydrogen-bond acceptors (Lipinski definition) is 3. The fourth-order valence-corrected chi connectivity index (χ4v) is 3.11. The van der Waals surface area contributed by atoms with Crippen molar-refractivity contribution in [2.75, 3.05) is 13.1 Å². The van der Waals surface area contributed by atoms with E-state index in [-0.39, 0.29) is 11.9 Å². The first-order chi connectivity index (χ1) is 11.8. The molecule has 25 heavy (non-hydrogen) atoms. The molecule has 1 fully saturated rings. The van der Waals surface area contributed by atoms with Crippen LogP contribution in [0.4, 0.5) is 17.6 Å². The fraction of sp³-hybridized carbons (Fsp3) is 0.500. The summed E-state index contributed by atoms with van der Waals surface area (Å²) in [6, 6.07) is 5.86. The topological polar surface area (TPSA) is 43.1 Å². The maximum absolute atomic E-state index is 12.9. The van der Waals surface area contributed by atoms with Crippen LogP contribution in [-0.4, -0.2) is 32.3 Å². The average Bonchev–Trinajstić information content (AvgIpc) is 2.86. The number of alkyl halides is 3. The van der Waals surface area contributed by atoms with Gasteiger partial charge in [0.05, 0.1) is 6.04 Å². The third kappa shape index (κ3) is 3.76. The zero-order valence-corrected chi connectivity index (χ0v) is 13.6. The van der Waals surface area contributed by atoms with E-state index in [4.69, 9.17) is 0 Å². The average molecular weight is 358 g/mol. The van der Waals surface area contributed by atoms with Crippen LogP contribution in [0.15, 0.2) is 29.1 Å². The monoisotopic (exact) mass is 358 g/mol. The molecule has 0 aliphatic carbocycles. The molecule has 0 unspecified atom stereocenters. The predicted octanol–water partition coefficient (Wildman–Crippen LogP) is 2.58. The molecule has 0 amide bonds. The Morgan fingerprint density at radius 2 is 1.76 bits per heavy atom. The molecule has 5 nitrogen and oxygen atoms in total. The van der Waals surface area contributed by atoms with Crippen LogP contribution >= 0.6 is 0 Å². The van der Waals surface area contributed by atoms with Crippen molar-refractivity contribution in [1.82, 2.24) is 19.2 Å². The first kappa shape index (κ1) is 17.7. The Kier molecular flexibility index (Phi) is 4.68. The van der Waals surface area contributed by atoms with Crippen molar-refractivity contribution in [2.45, 2.75) is 31.6 Å². The molecule has 136 valence electrons. The molecule has 0 bridgehead atoms. The summed E-state index contributed by atoms with van der Waals surface area (Å²) in [4.78, 5) is 14.2. The fourth-order valence-electron chi connectivity index (χ4n) is 3.11. The Bertz CT molecular complexity index is 786. The van der Waals surface area contributed by atoms with Gasteiger partial charge in [0, 0.05) is 26.7 Å². The lowest BCUT2D eigenvalue weighted by Gasteiger charge is -2.31. The molecule has 1 aromatic heterocycles. The van der Waals surface area contributed by atoms with Gasteiger partial charge >= 0.3 is 11.9 Å². The summed E-state index contributed by atoms with van der Waals surface area (Å²) in [5, 5.41) is 3.50. The van der Waals surface area contributed by atoms with Gasteiger partial charge in [0.1, 0.15) is 5.82 Å². The lowest BCUT2D eigenvalue weighted by Crippen LogP contribution is -2.37. The van der Waals surface area contributed by atoms with Crippen molar-refractivity contribution in [3.05, 3.63) is 52.0 Å². The van der Waals surface area contributed by atoms with Gasteiger partial charge in [-0.1, -0.05) is 12.1 Å². The summed E-state index contributed by atoms with van der Waals surface area (Å²) in [5.74, 6) is -1.47. The number of rotatable bonds is 3. The number of nitrogens with zero attached hydrogens (tertiary/aromatic N) is 4. The second-order valence-corrected chi connectivity index (χ2v) is 6.24. The van der Waals surface area contributed by atoms with Crippen LogP contribution in [0, 0.1) is 5.82 Å². The molecule has 2 heterocycles. The first-order valence-corrected chi connectivity index (χ1v) is 7.95. The molecule has 1 aromatic carbocycles. The number of halogens is 4. The van der Waals surface area contributed by atoms with Crippen molar-refractivity contribution >= 4 is 0 Å². The van der Waals surface area contributed by atoms with Gasteiger partial charge in [-0.3, -0.25) is 9.47 Å². The summed E-state index contributed by atoms with van der Waals surface area (Å²) >= 11 is 0. The van der Waals surface area contributed by atoms with E-state index in [1.165, 1.54) is 12.1 Å². The smallest absolute Gasteiger partial charge is 0.299 e. The predicted molar refractivity (Wildman–Crippen MR) is 82.4 cm³/mol. The van der Waals surface area contributed by atoms with E-state index in [1.807, 2.05) is 0 Å². The van der Waals surface area contributed by atoms with Gasteiger partial charge in [0.15, 0.2) is 0 Å². The molecular weight excluding hydrogens is 340 g/mol. The zero-order chi connectivity index (χ0) is 18.2. The number of piperidine rings is 1. The molecular formula is C16H18F4N4O. The van der Waals surface area contributed by atoms with Gasteiger partial charge in [0.25, 0.3) is 0 Å². The molecule has 1 aliphatic rings. The van der Waals surface area contributed by atoms with E-state index in [0.29, 0.717) is 37.0 Å². The van der Waals surface area contributed by atoms with Crippen LogP contribution in [0.2, 0.25) is 0 Å². The maximum Gasteiger partial charge on any atom is 0.451 e. The molecule has 9 heteroatoms. The van der Waals surface area contributed by atoms with Crippen LogP contribution in [0.5, 0.6) is 0 Å². The summed E-state index contributed by atoms with van der Waals surface area (Å²) in [6.07, 6.45) is -3.58. The molecule has 2 aromatic rings. The van der Waals surface area contributed by atoms with Crippen molar-refractivity contribution in [2.24, 2.45) is 7.05 Å². The van der Waals surface area contributed by atoms with Crippen molar-refractivity contribution in [1.29, 1.82) is 0 Å². The standard InChI is InChI=1S/C16H18F4N4O/c1-22-14(16(18,19)20)21-24(15(22)25)13-6-8-23(9-7-13)10-11-2-4-12(17)5-3-11/h2-5,13H,6-10H2,1H3. The molecule has 0 saturated carbocycles. The Hall–Kier alpha value is -2.16. The van der Waals surface area contributed by atoms with Crippen LogP contribution < -0.4 is 5.69 Å². The maximum atomic E-state index is 12.9. The molecule has 3 rings (SSSR count). The van der Waals surface area contributed by atoms with Gasteiger partial charge in [-0.25, -0.2) is 13.9 Å². The Morgan fingerprint density at radius 3 is 2.28 bits per heavy atom. The molecule has 0 N–H and O–H groups in total. The molecule has 1 aliphatic heterocycles. The minimum absolute atomic E-state index is 0.294. The SMILES string of the molecule is Cn1c(C(F)(F)F)nn(C2CCN(Cc3ccc(F)cc3)CC2)c1=O. The van der Waals surface area contributed by atoms with Gasteiger partial charge in [-0.15, -0.1) is 5.10 Å². The van der Waals surface area contributed by atoms with E-state index >= 15 is 0 Å². The summed E-state index contributed by atoms with van der Waals surface area (Å²) in [6.45, 7) is 1.90. The van der Waals surface area contributed by atoms with E-state index in [1.54, 1.807) is 12.1 Å². The Balaban J connectivity index is 1.66. The molecule has 0 atom stereocenters. The second-order valence-electron chi connectivity index (χ2n) is 6.24. The lowest BCUT2D eigenvalue weighted by atomic mass is 10.0. The number of aromatic nitrogens is 3. The van der Waals surface area contributed by atoms with Crippen molar-refractivity contribution in [3.8, 4) is 0 Å². The molecule has 0 spiro atoms. The van der Waals surface area contributed by atoms with Crippen molar-refractivity contribution < 1.29 is 17.6 Å². The van der Waals surface area contributed by atoms with E-state index in [9.17, 15) is 22.4 Å². The van der Waals surface area contributed by atoms with Crippen LogP contribution in [-0.2, 0) is 19.8 Å². The lowest BCUT2D eigenvalue weighted by molar-refractivity contribution is -0.147.